The monoisotopic (exact) mass is 382 g/mol. The third kappa shape index (κ3) is 4.62. The normalized spacial score (nSPS) is 16.3. The van der Waals surface area contributed by atoms with Crippen molar-refractivity contribution in [3.63, 3.8) is 0 Å². The van der Waals surface area contributed by atoms with Gasteiger partial charge in [0.2, 0.25) is 15.9 Å². The number of carbonyl (C=O) groups is 2. The van der Waals surface area contributed by atoms with Crippen LogP contribution in [0, 0.1) is 12.8 Å². The van der Waals surface area contributed by atoms with Gasteiger partial charge >= 0.3 is 5.97 Å². The number of nitrogens with zero attached hydrogens (tertiary/aromatic N) is 1. The Balaban J connectivity index is 2.03. The van der Waals surface area contributed by atoms with E-state index in [1.54, 1.807) is 39.0 Å². The molecule has 1 N–H and O–H groups in total. The van der Waals surface area contributed by atoms with Crippen molar-refractivity contribution in [1.29, 1.82) is 0 Å². The molecule has 1 aromatic carbocycles. The summed E-state index contributed by atoms with van der Waals surface area (Å²) in [5.41, 5.74) is 1.66. The molecule has 0 bridgehead atoms. The lowest BCUT2D eigenvalue weighted by atomic mass is 9.96. The van der Waals surface area contributed by atoms with Crippen LogP contribution >= 0.6 is 0 Å². The van der Waals surface area contributed by atoms with Gasteiger partial charge in [0.25, 0.3) is 0 Å². The number of rotatable bonds is 6. The highest BCUT2D eigenvalue weighted by molar-refractivity contribution is 7.89. The number of hydrogen-bond acceptors (Lipinski definition) is 5. The largest absolute Gasteiger partial charge is 0.462 e. The number of amides is 1. The van der Waals surface area contributed by atoms with Crippen molar-refractivity contribution >= 4 is 27.6 Å². The van der Waals surface area contributed by atoms with Crippen molar-refractivity contribution < 1.29 is 22.7 Å². The molecule has 0 aliphatic carbocycles. The third-order valence-electron chi connectivity index (χ3n) is 4.67. The quantitative estimate of drug-likeness (QED) is 0.761. The van der Waals surface area contributed by atoms with E-state index in [4.69, 9.17) is 4.74 Å². The maximum Gasteiger partial charge on any atom is 0.338 e. The second-order valence-corrected chi connectivity index (χ2v) is 8.52. The van der Waals surface area contributed by atoms with E-state index in [0.29, 0.717) is 42.7 Å². The number of sulfonamides is 1. The molecule has 7 nitrogen and oxygen atoms in total. The Morgan fingerprint density at radius 2 is 1.88 bits per heavy atom. The van der Waals surface area contributed by atoms with Gasteiger partial charge in [-0.25, -0.2) is 17.5 Å². The van der Waals surface area contributed by atoms with Gasteiger partial charge in [-0.15, -0.1) is 0 Å². The Morgan fingerprint density at radius 3 is 2.46 bits per heavy atom. The molecule has 1 amide bonds. The first-order chi connectivity index (χ1) is 12.3. The van der Waals surface area contributed by atoms with E-state index in [0.717, 1.165) is 0 Å². The lowest BCUT2D eigenvalue weighted by molar-refractivity contribution is -0.120. The molecule has 8 heteroatoms. The molecule has 0 atom stereocenters. The van der Waals surface area contributed by atoms with Gasteiger partial charge < -0.3 is 10.1 Å². The molecule has 0 unspecified atom stereocenters. The summed E-state index contributed by atoms with van der Waals surface area (Å²) in [6, 6.07) is 5.11. The van der Waals surface area contributed by atoms with E-state index < -0.39 is 16.0 Å². The van der Waals surface area contributed by atoms with Crippen LogP contribution in [0.15, 0.2) is 18.2 Å². The Labute approximate surface area is 154 Å². The average molecular weight is 382 g/mol. The molecule has 1 saturated heterocycles. The zero-order chi connectivity index (χ0) is 19.3. The Morgan fingerprint density at radius 1 is 1.23 bits per heavy atom. The van der Waals surface area contributed by atoms with Gasteiger partial charge in [0.1, 0.15) is 0 Å². The molecule has 1 fully saturated rings. The highest BCUT2D eigenvalue weighted by Crippen LogP contribution is 2.24. The highest BCUT2D eigenvalue weighted by Gasteiger charge is 2.30. The predicted octanol–water partition coefficient (Wildman–Crippen LogP) is 2.17. The number of ether oxygens (including phenoxy) is 1. The summed E-state index contributed by atoms with van der Waals surface area (Å²) < 4.78 is 30.3. The van der Waals surface area contributed by atoms with Gasteiger partial charge in [-0.1, -0.05) is 6.07 Å². The van der Waals surface area contributed by atoms with Crippen molar-refractivity contribution in [1.82, 2.24) is 4.31 Å². The van der Waals surface area contributed by atoms with Gasteiger partial charge in [0, 0.05) is 24.7 Å². The topological polar surface area (TPSA) is 92.8 Å². The van der Waals surface area contributed by atoms with Crippen molar-refractivity contribution in [2.24, 2.45) is 5.92 Å². The number of nitrogens with one attached hydrogen (secondary N) is 1. The number of hydrogen-bond donors (Lipinski definition) is 1. The summed E-state index contributed by atoms with van der Waals surface area (Å²) in [7, 11) is -3.21. The molecular formula is C18H26N2O5S. The summed E-state index contributed by atoms with van der Waals surface area (Å²) in [6.45, 7) is 6.12. The molecule has 1 heterocycles. The van der Waals surface area contributed by atoms with Gasteiger partial charge in [-0.05, 0) is 51.3 Å². The fourth-order valence-corrected chi connectivity index (χ4v) is 4.15. The first-order valence-corrected chi connectivity index (χ1v) is 10.5. The number of benzene rings is 1. The first kappa shape index (κ1) is 20.4. The maximum absolute atomic E-state index is 12.6. The minimum atomic E-state index is -3.21. The highest BCUT2D eigenvalue weighted by atomic mass is 32.2. The summed E-state index contributed by atoms with van der Waals surface area (Å²) in [6.07, 6.45) is 0.976. The lowest BCUT2D eigenvalue weighted by Gasteiger charge is -2.30. The molecule has 1 aliphatic rings. The standard InChI is InChI=1S/C18H26N2O5S/c1-4-25-18(22)15-7-6-8-16(13(15)3)19-17(21)14-9-11-20(12-10-14)26(23,24)5-2/h6-8,14H,4-5,9-12H2,1-3H3,(H,19,21). The number of piperidine rings is 1. The van der Waals surface area contributed by atoms with Crippen molar-refractivity contribution in [2.45, 2.75) is 33.6 Å². The van der Waals surface area contributed by atoms with Gasteiger partial charge in [-0.3, -0.25) is 4.79 Å². The lowest BCUT2D eigenvalue weighted by Crippen LogP contribution is -2.42. The van der Waals surface area contributed by atoms with Crippen molar-refractivity contribution in [3.8, 4) is 0 Å². The minimum Gasteiger partial charge on any atom is -0.462 e. The summed E-state index contributed by atoms with van der Waals surface area (Å²) in [5.74, 6) is -0.741. The maximum atomic E-state index is 12.6. The van der Waals surface area contributed by atoms with E-state index >= 15 is 0 Å². The Hall–Kier alpha value is -1.93. The van der Waals surface area contributed by atoms with Gasteiger partial charge in [0.15, 0.2) is 0 Å². The van der Waals surface area contributed by atoms with E-state index in [2.05, 4.69) is 5.32 Å². The molecule has 2 rings (SSSR count). The van der Waals surface area contributed by atoms with Crippen LogP contribution in [0.3, 0.4) is 0 Å². The van der Waals surface area contributed by atoms with Crippen LogP contribution in [-0.4, -0.2) is 50.0 Å². The van der Waals surface area contributed by atoms with Crippen LogP contribution in [0.5, 0.6) is 0 Å². The minimum absolute atomic E-state index is 0.0731. The van der Waals surface area contributed by atoms with Crippen molar-refractivity contribution in [2.75, 3.05) is 30.8 Å². The van der Waals surface area contributed by atoms with Crippen LogP contribution < -0.4 is 5.32 Å². The van der Waals surface area contributed by atoms with Crippen LogP contribution in [0.4, 0.5) is 5.69 Å². The Bertz CT molecular complexity index is 768. The molecule has 0 radical (unpaired) electrons. The third-order valence-corrected chi connectivity index (χ3v) is 6.55. The predicted molar refractivity (Wildman–Crippen MR) is 99.5 cm³/mol. The van der Waals surface area contributed by atoms with E-state index in [-0.39, 0.29) is 24.2 Å². The molecule has 1 aliphatic heterocycles. The van der Waals surface area contributed by atoms with Gasteiger partial charge in [0.05, 0.1) is 17.9 Å². The van der Waals surface area contributed by atoms with Crippen LogP contribution in [0.25, 0.3) is 0 Å². The number of carbonyl (C=O) groups excluding carboxylic acids is 2. The molecule has 0 saturated carbocycles. The second-order valence-electron chi connectivity index (χ2n) is 6.26. The zero-order valence-electron chi connectivity index (χ0n) is 15.4. The van der Waals surface area contributed by atoms with Crippen LogP contribution in [0.1, 0.15) is 42.6 Å². The fraction of sp³-hybridized carbons (Fsp3) is 0.556. The zero-order valence-corrected chi connectivity index (χ0v) is 16.3. The molecule has 0 spiro atoms. The number of esters is 1. The average Bonchev–Trinajstić information content (AvgIpc) is 2.63. The van der Waals surface area contributed by atoms with Gasteiger partial charge in [-0.2, -0.15) is 0 Å². The summed E-state index contributed by atoms with van der Waals surface area (Å²) in [4.78, 5) is 24.5. The Kier molecular flexibility index (Phi) is 6.77. The molecule has 26 heavy (non-hydrogen) atoms. The molecule has 0 aromatic heterocycles. The summed E-state index contributed by atoms with van der Waals surface area (Å²) in [5, 5.41) is 2.87. The van der Waals surface area contributed by atoms with E-state index in [1.807, 2.05) is 0 Å². The second kappa shape index (κ2) is 8.64. The van der Waals surface area contributed by atoms with Crippen LogP contribution in [0.2, 0.25) is 0 Å². The summed E-state index contributed by atoms with van der Waals surface area (Å²) >= 11 is 0. The molecule has 1 aromatic rings. The molecular weight excluding hydrogens is 356 g/mol. The smallest absolute Gasteiger partial charge is 0.338 e. The molecule has 144 valence electrons. The fourth-order valence-electron chi connectivity index (χ4n) is 3.01. The number of anilines is 1. The van der Waals surface area contributed by atoms with E-state index in [9.17, 15) is 18.0 Å². The first-order valence-electron chi connectivity index (χ1n) is 8.85. The SMILES string of the molecule is CCOC(=O)c1cccc(NC(=O)C2CCN(S(=O)(=O)CC)CC2)c1C. The van der Waals surface area contributed by atoms with Crippen molar-refractivity contribution in [3.05, 3.63) is 29.3 Å². The van der Waals surface area contributed by atoms with Crippen LogP contribution in [-0.2, 0) is 19.6 Å². The van der Waals surface area contributed by atoms with E-state index in [1.165, 1.54) is 4.31 Å².